The first-order valence-corrected chi connectivity index (χ1v) is 6.94. The van der Waals surface area contributed by atoms with Crippen molar-refractivity contribution in [1.29, 1.82) is 0 Å². The molecule has 0 aliphatic heterocycles. The second kappa shape index (κ2) is 6.06. The van der Waals surface area contributed by atoms with E-state index in [1.807, 2.05) is 24.3 Å². The molecule has 2 rings (SSSR count). The Hall–Kier alpha value is -1.55. The van der Waals surface area contributed by atoms with E-state index in [9.17, 15) is 4.79 Å². The molecule has 0 unspecified atom stereocenters. The molecule has 4 heteroatoms. The van der Waals surface area contributed by atoms with Gasteiger partial charge in [0.1, 0.15) is 12.4 Å². The van der Waals surface area contributed by atoms with Gasteiger partial charge in [0.15, 0.2) is 0 Å². The lowest BCUT2D eigenvalue weighted by Crippen LogP contribution is -2.41. The van der Waals surface area contributed by atoms with Crippen molar-refractivity contribution in [2.45, 2.75) is 32.6 Å². The number of hydrogen-bond acceptors (Lipinski definition) is 3. The minimum absolute atomic E-state index is 0.130. The summed E-state index contributed by atoms with van der Waals surface area (Å²) in [7, 11) is 0. The van der Waals surface area contributed by atoms with Crippen molar-refractivity contribution in [3.05, 3.63) is 24.3 Å². The molecule has 1 fully saturated rings. The molecule has 0 heterocycles. The predicted molar refractivity (Wildman–Crippen MR) is 76.2 cm³/mol. The zero-order chi connectivity index (χ0) is 13.7. The standard InChI is InChI=1S/C15H22N2O2/c1-2-15(8-3-9-15)14(18)17-12-4-6-13(7-5-12)19-11-10-16/h4-7H,2-3,8-11,16H2,1H3,(H,17,18). The second-order valence-electron chi connectivity index (χ2n) is 5.10. The number of nitrogens with two attached hydrogens (primary N) is 1. The lowest BCUT2D eigenvalue weighted by atomic mass is 9.66. The maximum atomic E-state index is 12.2. The van der Waals surface area contributed by atoms with Crippen LogP contribution in [0.15, 0.2) is 24.3 Å². The van der Waals surface area contributed by atoms with Crippen molar-refractivity contribution >= 4 is 11.6 Å². The van der Waals surface area contributed by atoms with E-state index < -0.39 is 0 Å². The number of amides is 1. The summed E-state index contributed by atoms with van der Waals surface area (Å²) in [5.41, 5.74) is 6.07. The molecule has 1 amide bonds. The van der Waals surface area contributed by atoms with Crippen LogP contribution in [0.3, 0.4) is 0 Å². The largest absolute Gasteiger partial charge is 0.492 e. The van der Waals surface area contributed by atoms with E-state index in [1.54, 1.807) is 0 Å². The number of carbonyl (C=O) groups excluding carboxylic acids is 1. The number of hydrogen-bond donors (Lipinski definition) is 2. The lowest BCUT2D eigenvalue weighted by Gasteiger charge is -2.39. The van der Waals surface area contributed by atoms with Gasteiger partial charge in [0, 0.05) is 17.6 Å². The van der Waals surface area contributed by atoms with Crippen molar-refractivity contribution in [1.82, 2.24) is 0 Å². The first-order valence-electron chi connectivity index (χ1n) is 6.94. The Labute approximate surface area is 114 Å². The van der Waals surface area contributed by atoms with Gasteiger partial charge in [-0.25, -0.2) is 0 Å². The molecule has 1 aliphatic rings. The fourth-order valence-corrected chi connectivity index (χ4v) is 2.42. The van der Waals surface area contributed by atoms with Crippen LogP contribution in [0.4, 0.5) is 5.69 Å². The summed E-state index contributed by atoms with van der Waals surface area (Å²) in [4.78, 5) is 12.2. The van der Waals surface area contributed by atoms with E-state index in [4.69, 9.17) is 10.5 Å². The highest BCUT2D eigenvalue weighted by molar-refractivity contribution is 5.95. The first kappa shape index (κ1) is 13.9. The molecule has 1 aromatic rings. The van der Waals surface area contributed by atoms with E-state index in [0.29, 0.717) is 13.2 Å². The highest BCUT2D eigenvalue weighted by atomic mass is 16.5. The summed E-state index contributed by atoms with van der Waals surface area (Å²) in [5, 5.41) is 3.00. The fraction of sp³-hybridized carbons (Fsp3) is 0.533. The molecular formula is C15H22N2O2. The molecule has 3 N–H and O–H groups in total. The van der Waals surface area contributed by atoms with Crippen LogP contribution in [-0.4, -0.2) is 19.1 Å². The summed E-state index contributed by atoms with van der Waals surface area (Å²) >= 11 is 0. The van der Waals surface area contributed by atoms with Gasteiger partial charge in [0.05, 0.1) is 0 Å². The Morgan fingerprint density at radius 2 is 2.05 bits per heavy atom. The molecule has 1 aromatic carbocycles. The summed E-state index contributed by atoms with van der Waals surface area (Å²) in [6.45, 7) is 3.09. The molecule has 104 valence electrons. The van der Waals surface area contributed by atoms with E-state index >= 15 is 0 Å². The molecule has 0 radical (unpaired) electrons. The molecule has 1 aliphatic carbocycles. The van der Waals surface area contributed by atoms with Gasteiger partial charge in [-0.05, 0) is 43.5 Å². The second-order valence-corrected chi connectivity index (χ2v) is 5.10. The smallest absolute Gasteiger partial charge is 0.230 e. The van der Waals surface area contributed by atoms with Crippen LogP contribution in [0.5, 0.6) is 5.75 Å². The van der Waals surface area contributed by atoms with Crippen LogP contribution in [0.2, 0.25) is 0 Å². The molecule has 0 atom stereocenters. The monoisotopic (exact) mass is 262 g/mol. The number of ether oxygens (including phenoxy) is 1. The summed E-state index contributed by atoms with van der Waals surface area (Å²) in [6, 6.07) is 7.44. The minimum atomic E-state index is -0.130. The third-order valence-electron chi connectivity index (χ3n) is 3.97. The Balaban J connectivity index is 1.94. The van der Waals surface area contributed by atoms with Gasteiger partial charge in [-0.15, -0.1) is 0 Å². The number of benzene rings is 1. The van der Waals surface area contributed by atoms with Crippen molar-refractivity contribution in [3.8, 4) is 5.75 Å². The minimum Gasteiger partial charge on any atom is -0.492 e. The Morgan fingerprint density at radius 1 is 1.37 bits per heavy atom. The van der Waals surface area contributed by atoms with Gasteiger partial charge >= 0.3 is 0 Å². The normalized spacial score (nSPS) is 16.5. The predicted octanol–water partition coefficient (Wildman–Crippen LogP) is 2.54. The van der Waals surface area contributed by atoms with Crippen molar-refractivity contribution in [3.63, 3.8) is 0 Å². The number of rotatable bonds is 6. The average Bonchev–Trinajstić information content (AvgIpc) is 2.37. The molecule has 4 nitrogen and oxygen atoms in total. The zero-order valence-electron chi connectivity index (χ0n) is 11.4. The van der Waals surface area contributed by atoms with Crippen LogP contribution in [-0.2, 0) is 4.79 Å². The zero-order valence-corrected chi connectivity index (χ0v) is 11.4. The molecule has 0 bridgehead atoms. The molecule has 19 heavy (non-hydrogen) atoms. The molecular weight excluding hydrogens is 240 g/mol. The SMILES string of the molecule is CCC1(C(=O)Nc2ccc(OCCN)cc2)CCC1. The maximum Gasteiger partial charge on any atom is 0.230 e. The van der Waals surface area contributed by atoms with Gasteiger partial charge in [-0.2, -0.15) is 0 Å². The van der Waals surface area contributed by atoms with E-state index in [-0.39, 0.29) is 11.3 Å². The summed E-state index contributed by atoms with van der Waals surface area (Å²) in [6.07, 6.45) is 4.09. The van der Waals surface area contributed by atoms with E-state index in [0.717, 1.165) is 37.1 Å². The van der Waals surface area contributed by atoms with Crippen molar-refractivity contribution in [2.75, 3.05) is 18.5 Å². The molecule has 0 spiro atoms. The lowest BCUT2D eigenvalue weighted by molar-refractivity contribution is -0.130. The van der Waals surface area contributed by atoms with Crippen LogP contribution in [0.25, 0.3) is 0 Å². The first-order chi connectivity index (χ1) is 9.20. The van der Waals surface area contributed by atoms with Gasteiger partial charge in [-0.1, -0.05) is 13.3 Å². The van der Waals surface area contributed by atoms with E-state index in [2.05, 4.69) is 12.2 Å². The highest BCUT2D eigenvalue weighted by Crippen LogP contribution is 2.44. The highest BCUT2D eigenvalue weighted by Gasteiger charge is 2.42. The van der Waals surface area contributed by atoms with Crippen molar-refractivity contribution < 1.29 is 9.53 Å². The number of nitrogens with one attached hydrogen (secondary N) is 1. The van der Waals surface area contributed by atoms with Gasteiger partial charge in [0.25, 0.3) is 0 Å². The van der Waals surface area contributed by atoms with Crippen molar-refractivity contribution in [2.24, 2.45) is 11.1 Å². The number of carbonyl (C=O) groups is 1. The molecule has 0 aromatic heterocycles. The van der Waals surface area contributed by atoms with Crippen LogP contribution in [0, 0.1) is 5.41 Å². The topological polar surface area (TPSA) is 64.3 Å². The summed E-state index contributed by atoms with van der Waals surface area (Å²) < 4.78 is 5.40. The van der Waals surface area contributed by atoms with Crippen LogP contribution < -0.4 is 15.8 Å². The van der Waals surface area contributed by atoms with Gasteiger partial charge in [-0.3, -0.25) is 4.79 Å². The van der Waals surface area contributed by atoms with Crippen LogP contribution in [0.1, 0.15) is 32.6 Å². The Bertz CT molecular complexity index is 419. The van der Waals surface area contributed by atoms with E-state index in [1.165, 1.54) is 0 Å². The van der Waals surface area contributed by atoms with Gasteiger partial charge in [0.2, 0.25) is 5.91 Å². The third-order valence-corrected chi connectivity index (χ3v) is 3.97. The Kier molecular flexibility index (Phi) is 4.43. The third kappa shape index (κ3) is 3.07. The number of anilines is 1. The summed E-state index contributed by atoms with van der Waals surface area (Å²) in [5.74, 6) is 0.925. The molecule has 1 saturated carbocycles. The van der Waals surface area contributed by atoms with Gasteiger partial charge < -0.3 is 15.8 Å². The Morgan fingerprint density at radius 3 is 2.53 bits per heavy atom. The molecule has 0 saturated heterocycles. The fourth-order valence-electron chi connectivity index (χ4n) is 2.42. The quantitative estimate of drug-likeness (QED) is 0.828. The van der Waals surface area contributed by atoms with Crippen LogP contribution >= 0.6 is 0 Å². The maximum absolute atomic E-state index is 12.2. The average molecular weight is 262 g/mol.